The summed E-state index contributed by atoms with van der Waals surface area (Å²) in [6, 6.07) is 15.7. The van der Waals surface area contributed by atoms with Gasteiger partial charge in [0.2, 0.25) is 5.88 Å². The lowest BCUT2D eigenvalue weighted by molar-refractivity contribution is -0.136. The fourth-order valence-electron chi connectivity index (χ4n) is 3.43. The first kappa shape index (κ1) is 18.2. The molecule has 0 aliphatic carbocycles. The summed E-state index contributed by atoms with van der Waals surface area (Å²) in [5, 5.41) is 2.25. The summed E-state index contributed by atoms with van der Waals surface area (Å²) in [7, 11) is 0. The summed E-state index contributed by atoms with van der Waals surface area (Å²) in [6.45, 7) is 3.12. The second-order valence-electron chi connectivity index (χ2n) is 6.96. The minimum atomic E-state index is -0.0623. The molecule has 4 rings (SSSR count). The molecule has 1 aliphatic heterocycles. The average molecular weight is 377 g/mol. The third-order valence-electron chi connectivity index (χ3n) is 4.85. The van der Waals surface area contributed by atoms with E-state index in [0.29, 0.717) is 24.0 Å². The van der Waals surface area contributed by atoms with Crippen molar-refractivity contribution in [2.24, 2.45) is 0 Å². The highest BCUT2D eigenvalue weighted by atomic mass is 16.5. The number of rotatable bonds is 5. The van der Waals surface area contributed by atoms with E-state index in [4.69, 9.17) is 9.47 Å². The van der Waals surface area contributed by atoms with Crippen LogP contribution in [0.4, 0.5) is 0 Å². The van der Waals surface area contributed by atoms with Crippen molar-refractivity contribution in [1.82, 2.24) is 14.9 Å². The quantitative estimate of drug-likeness (QED) is 0.682. The number of carbonyl (C=O) groups excluding carboxylic acids is 1. The Morgan fingerprint density at radius 3 is 2.89 bits per heavy atom. The molecule has 1 unspecified atom stereocenters. The molecule has 0 N–H and O–H groups in total. The van der Waals surface area contributed by atoms with Gasteiger partial charge in [0.15, 0.2) is 6.61 Å². The van der Waals surface area contributed by atoms with Gasteiger partial charge in [-0.1, -0.05) is 30.3 Å². The first-order chi connectivity index (χ1) is 13.7. The van der Waals surface area contributed by atoms with Gasteiger partial charge in [-0.3, -0.25) is 4.79 Å². The van der Waals surface area contributed by atoms with Crippen LogP contribution in [-0.4, -0.2) is 46.6 Å². The predicted octanol–water partition coefficient (Wildman–Crippen LogP) is 3.39. The van der Waals surface area contributed by atoms with E-state index in [1.807, 2.05) is 48.2 Å². The van der Waals surface area contributed by atoms with E-state index in [-0.39, 0.29) is 18.6 Å². The summed E-state index contributed by atoms with van der Waals surface area (Å²) in [5.74, 6) is 1.90. The molecule has 2 heterocycles. The molecular weight excluding hydrogens is 354 g/mol. The highest BCUT2D eigenvalue weighted by Gasteiger charge is 2.25. The number of carbonyl (C=O) groups is 1. The van der Waals surface area contributed by atoms with Crippen LogP contribution < -0.4 is 9.47 Å². The van der Waals surface area contributed by atoms with Crippen molar-refractivity contribution in [3.05, 3.63) is 60.6 Å². The smallest absolute Gasteiger partial charge is 0.260 e. The van der Waals surface area contributed by atoms with E-state index in [1.165, 1.54) is 0 Å². The average Bonchev–Trinajstić information content (AvgIpc) is 2.72. The summed E-state index contributed by atoms with van der Waals surface area (Å²) >= 11 is 0. The fourth-order valence-corrected chi connectivity index (χ4v) is 3.43. The van der Waals surface area contributed by atoms with Crippen LogP contribution in [0.25, 0.3) is 10.8 Å². The first-order valence-electron chi connectivity index (χ1n) is 9.53. The van der Waals surface area contributed by atoms with E-state index in [0.717, 1.165) is 30.2 Å². The van der Waals surface area contributed by atoms with Crippen LogP contribution in [0, 0.1) is 6.92 Å². The highest BCUT2D eigenvalue weighted by molar-refractivity contribution is 5.84. The maximum absolute atomic E-state index is 12.6. The third-order valence-corrected chi connectivity index (χ3v) is 4.85. The van der Waals surface area contributed by atoms with Gasteiger partial charge in [0.25, 0.3) is 5.91 Å². The van der Waals surface area contributed by atoms with Crippen molar-refractivity contribution >= 4 is 16.7 Å². The van der Waals surface area contributed by atoms with Crippen molar-refractivity contribution in [2.45, 2.75) is 25.9 Å². The molecule has 0 saturated carbocycles. The lowest BCUT2D eigenvalue weighted by Crippen LogP contribution is -2.46. The van der Waals surface area contributed by atoms with Crippen LogP contribution in [0.5, 0.6) is 11.6 Å². The molecule has 0 radical (unpaired) electrons. The summed E-state index contributed by atoms with van der Waals surface area (Å²) < 4.78 is 11.7. The van der Waals surface area contributed by atoms with Crippen LogP contribution in [0.1, 0.15) is 18.7 Å². The van der Waals surface area contributed by atoms with Crippen molar-refractivity contribution in [2.75, 3.05) is 19.7 Å². The Morgan fingerprint density at radius 2 is 2.04 bits per heavy atom. The maximum Gasteiger partial charge on any atom is 0.260 e. The van der Waals surface area contributed by atoms with Crippen molar-refractivity contribution in [3.8, 4) is 11.6 Å². The zero-order valence-electron chi connectivity index (χ0n) is 15.9. The Labute approximate surface area is 164 Å². The summed E-state index contributed by atoms with van der Waals surface area (Å²) in [5.41, 5.74) is 0. The SMILES string of the molecule is Cc1nccc(OC2CCCN(C(=O)COc3ccc4ccccc4c3)C2)n1. The summed E-state index contributed by atoms with van der Waals surface area (Å²) in [6.07, 6.45) is 3.42. The second kappa shape index (κ2) is 8.25. The second-order valence-corrected chi connectivity index (χ2v) is 6.96. The zero-order chi connectivity index (χ0) is 19.3. The molecule has 1 atom stereocenters. The topological polar surface area (TPSA) is 64.5 Å². The standard InChI is InChI=1S/C22H23N3O3/c1-16-23-11-10-21(24-16)28-20-7-4-12-25(14-20)22(26)15-27-19-9-8-17-5-2-3-6-18(17)13-19/h2-3,5-6,8-11,13,20H,4,7,12,14-15H2,1H3. The number of benzene rings is 2. The van der Waals surface area contributed by atoms with Crippen LogP contribution >= 0.6 is 0 Å². The van der Waals surface area contributed by atoms with Crippen LogP contribution in [-0.2, 0) is 4.79 Å². The molecule has 6 nitrogen and oxygen atoms in total. The monoisotopic (exact) mass is 377 g/mol. The van der Waals surface area contributed by atoms with Crippen LogP contribution in [0.2, 0.25) is 0 Å². The highest BCUT2D eigenvalue weighted by Crippen LogP contribution is 2.21. The molecule has 1 aliphatic rings. The molecular formula is C22H23N3O3. The largest absolute Gasteiger partial charge is 0.484 e. The Bertz CT molecular complexity index is 976. The molecule has 2 aromatic carbocycles. The van der Waals surface area contributed by atoms with E-state index >= 15 is 0 Å². The number of aromatic nitrogens is 2. The first-order valence-corrected chi connectivity index (χ1v) is 9.53. The number of fused-ring (bicyclic) bond motifs is 1. The molecule has 3 aromatic rings. The lowest BCUT2D eigenvalue weighted by atomic mass is 10.1. The number of likely N-dealkylation sites (tertiary alicyclic amines) is 1. The van der Waals surface area contributed by atoms with Gasteiger partial charge in [0.05, 0.1) is 6.54 Å². The van der Waals surface area contributed by atoms with E-state index in [9.17, 15) is 4.79 Å². The Morgan fingerprint density at radius 1 is 1.18 bits per heavy atom. The third kappa shape index (κ3) is 4.39. The van der Waals surface area contributed by atoms with E-state index < -0.39 is 0 Å². The van der Waals surface area contributed by atoms with Gasteiger partial charge < -0.3 is 14.4 Å². The summed E-state index contributed by atoms with van der Waals surface area (Å²) in [4.78, 5) is 22.8. The minimum Gasteiger partial charge on any atom is -0.484 e. The van der Waals surface area contributed by atoms with Gasteiger partial charge in [-0.05, 0) is 42.7 Å². The van der Waals surface area contributed by atoms with Gasteiger partial charge in [-0.25, -0.2) is 4.98 Å². The fraction of sp³-hybridized carbons (Fsp3) is 0.318. The van der Waals surface area contributed by atoms with Crippen molar-refractivity contribution < 1.29 is 14.3 Å². The van der Waals surface area contributed by atoms with Gasteiger partial charge in [0, 0.05) is 18.8 Å². The van der Waals surface area contributed by atoms with Gasteiger partial charge in [-0.2, -0.15) is 4.98 Å². The van der Waals surface area contributed by atoms with Crippen molar-refractivity contribution in [3.63, 3.8) is 0 Å². The van der Waals surface area contributed by atoms with Gasteiger partial charge in [-0.15, -0.1) is 0 Å². The van der Waals surface area contributed by atoms with Crippen LogP contribution in [0.15, 0.2) is 54.7 Å². The molecule has 1 amide bonds. The number of piperidine rings is 1. The van der Waals surface area contributed by atoms with Gasteiger partial charge >= 0.3 is 0 Å². The molecule has 6 heteroatoms. The molecule has 0 spiro atoms. The minimum absolute atomic E-state index is 0.0255. The lowest BCUT2D eigenvalue weighted by Gasteiger charge is -2.32. The Hall–Kier alpha value is -3.15. The number of nitrogens with zero attached hydrogens (tertiary/aromatic N) is 3. The molecule has 0 bridgehead atoms. The van der Waals surface area contributed by atoms with Crippen LogP contribution in [0.3, 0.4) is 0 Å². The number of ether oxygens (including phenoxy) is 2. The van der Waals surface area contributed by atoms with E-state index in [2.05, 4.69) is 16.0 Å². The zero-order valence-corrected chi connectivity index (χ0v) is 15.9. The molecule has 28 heavy (non-hydrogen) atoms. The molecule has 1 fully saturated rings. The molecule has 1 saturated heterocycles. The van der Waals surface area contributed by atoms with E-state index in [1.54, 1.807) is 12.3 Å². The predicted molar refractivity (Wildman–Crippen MR) is 106 cm³/mol. The normalized spacial score (nSPS) is 16.8. The maximum atomic E-state index is 12.6. The number of amides is 1. The number of hydrogen-bond donors (Lipinski definition) is 0. The number of aryl methyl sites for hydroxylation is 1. The molecule has 1 aromatic heterocycles. The number of hydrogen-bond acceptors (Lipinski definition) is 5. The van der Waals surface area contributed by atoms with Gasteiger partial charge in [0.1, 0.15) is 17.7 Å². The molecule has 144 valence electrons. The Kier molecular flexibility index (Phi) is 5.37. The van der Waals surface area contributed by atoms with Crippen molar-refractivity contribution in [1.29, 1.82) is 0 Å². The Balaban J connectivity index is 1.33.